The molecule has 0 saturated heterocycles. The Bertz CT molecular complexity index is 242. The Kier molecular flexibility index (Phi) is 2.82. The maximum atomic E-state index is 4.17. The van der Waals surface area contributed by atoms with Crippen molar-refractivity contribution in [2.75, 3.05) is 0 Å². The molecular formula is C9H12N2. The Morgan fingerprint density at radius 1 is 1.64 bits per heavy atom. The summed E-state index contributed by atoms with van der Waals surface area (Å²) < 4.78 is 0. The van der Waals surface area contributed by atoms with E-state index in [0.29, 0.717) is 5.92 Å². The number of allylic oxidation sites excluding steroid dienone is 2. The second kappa shape index (κ2) is 3.89. The lowest BCUT2D eigenvalue weighted by Gasteiger charge is -2.03. The van der Waals surface area contributed by atoms with Crippen molar-refractivity contribution < 1.29 is 0 Å². The molecule has 0 fully saturated rings. The highest BCUT2D eigenvalue weighted by Gasteiger charge is 2.05. The van der Waals surface area contributed by atoms with Gasteiger partial charge in [0.15, 0.2) is 0 Å². The van der Waals surface area contributed by atoms with E-state index in [2.05, 4.69) is 29.7 Å². The van der Waals surface area contributed by atoms with Crippen LogP contribution in [0.15, 0.2) is 28.3 Å². The van der Waals surface area contributed by atoms with Crippen LogP contribution in [-0.4, -0.2) is 11.7 Å². The fraction of sp³-hybridized carbons (Fsp3) is 0.444. The normalized spacial score (nSPS) is 17.8. The highest BCUT2D eigenvalue weighted by molar-refractivity contribution is 5.91. The third kappa shape index (κ3) is 2.17. The van der Waals surface area contributed by atoms with Crippen LogP contribution in [0.3, 0.4) is 0 Å². The second-order valence-electron chi connectivity index (χ2n) is 2.55. The van der Waals surface area contributed by atoms with E-state index in [-0.39, 0.29) is 0 Å². The first-order chi connectivity index (χ1) is 5.34. The minimum atomic E-state index is 0.429. The molecular weight excluding hydrogens is 136 g/mol. The van der Waals surface area contributed by atoms with Crippen LogP contribution >= 0.6 is 0 Å². The summed E-state index contributed by atoms with van der Waals surface area (Å²) in [6, 6.07) is 0. The minimum absolute atomic E-state index is 0.429. The molecule has 0 N–H and O–H groups in total. The summed E-state index contributed by atoms with van der Waals surface area (Å²) in [5, 5.41) is 0. The van der Waals surface area contributed by atoms with E-state index in [1.807, 2.05) is 6.08 Å². The van der Waals surface area contributed by atoms with Gasteiger partial charge in [-0.25, -0.2) is 4.99 Å². The van der Waals surface area contributed by atoms with Crippen molar-refractivity contribution in [3.8, 4) is 0 Å². The predicted octanol–water partition coefficient (Wildman–Crippen LogP) is 2.18. The molecule has 11 heavy (non-hydrogen) atoms. The summed E-state index contributed by atoms with van der Waals surface area (Å²) >= 11 is 0. The maximum absolute atomic E-state index is 4.17. The quantitative estimate of drug-likeness (QED) is 0.573. The van der Waals surface area contributed by atoms with E-state index in [4.69, 9.17) is 0 Å². The van der Waals surface area contributed by atoms with Gasteiger partial charge in [-0.05, 0) is 18.4 Å². The number of hydrogen-bond acceptors (Lipinski definition) is 2. The molecule has 1 aliphatic heterocycles. The summed E-state index contributed by atoms with van der Waals surface area (Å²) in [7, 11) is 0. The van der Waals surface area contributed by atoms with Crippen LogP contribution < -0.4 is 0 Å². The SMILES string of the molecule is CCC(C)C1=NC=CC=C=N1. The fourth-order valence-corrected chi connectivity index (χ4v) is 0.758. The second-order valence-corrected chi connectivity index (χ2v) is 2.55. The van der Waals surface area contributed by atoms with Gasteiger partial charge in [0.2, 0.25) is 0 Å². The predicted molar refractivity (Wildman–Crippen MR) is 48.0 cm³/mol. The molecule has 0 saturated carbocycles. The molecule has 1 atom stereocenters. The van der Waals surface area contributed by atoms with E-state index in [0.717, 1.165) is 12.3 Å². The van der Waals surface area contributed by atoms with Gasteiger partial charge >= 0.3 is 0 Å². The average Bonchev–Trinajstić information content (AvgIpc) is 2.30. The molecule has 0 spiro atoms. The number of aliphatic imine (C=N–C) groups is 2. The average molecular weight is 148 g/mol. The number of amidine groups is 1. The van der Waals surface area contributed by atoms with Crippen molar-refractivity contribution >= 4 is 11.7 Å². The molecule has 0 amide bonds. The summed E-state index contributed by atoms with van der Waals surface area (Å²) in [6.45, 7) is 4.24. The molecule has 58 valence electrons. The Balaban J connectivity index is 2.79. The summed E-state index contributed by atoms with van der Waals surface area (Å²) in [5.41, 5.74) is 0. The van der Waals surface area contributed by atoms with Gasteiger partial charge in [-0.2, -0.15) is 4.99 Å². The highest BCUT2D eigenvalue weighted by Crippen LogP contribution is 2.05. The maximum Gasteiger partial charge on any atom is 0.140 e. The molecule has 1 heterocycles. The minimum Gasteiger partial charge on any atom is -0.240 e. The summed E-state index contributed by atoms with van der Waals surface area (Å²) in [4.78, 5) is 8.25. The van der Waals surface area contributed by atoms with Crippen molar-refractivity contribution in [3.63, 3.8) is 0 Å². The Morgan fingerprint density at radius 3 is 3.18 bits per heavy atom. The third-order valence-electron chi connectivity index (χ3n) is 1.70. The molecule has 0 bridgehead atoms. The Labute approximate surface area is 67.1 Å². The number of rotatable bonds is 2. The summed E-state index contributed by atoms with van der Waals surface area (Å²) in [5.74, 6) is 4.10. The lowest BCUT2D eigenvalue weighted by Crippen LogP contribution is -2.05. The van der Waals surface area contributed by atoms with Gasteiger partial charge in [0, 0.05) is 18.2 Å². The summed E-state index contributed by atoms with van der Waals surface area (Å²) in [6.07, 6.45) is 6.42. The van der Waals surface area contributed by atoms with E-state index >= 15 is 0 Å². The first-order valence-electron chi connectivity index (χ1n) is 3.87. The molecule has 0 radical (unpaired) electrons. The Morgan fingerprint density at radius 2 is 2.45 bits per heavy atom. The number of nitrogens with zero attached hydrogens (tertiary/aromatic N) is 2. The number of hydrogen-bond donors (Lipinski definition) is 0. The first kappa shape index (κ1) is 7.96. The molecule has 2 nitrogen and oxygen atoms in total. The van der Waals surface area contributed by atoms with E-state index < -0.39 is 0 Å². The van der Waals surface area contributed by atoms with Crippen LogP contribution in [0.2, 0.25) is 0 Å². The van der Waals surface area contributed by atoms with Crippen LogP contribution in [-0.2, 0) is 0 Å². The molecule has 1 rings (SSSR count). The molecule has 0 aliphatic carbocycles. The van der Waals surface area contributed by atoms with Crippen LogP contribution in [0, 0.1) is 5.92 Å². The van der Waals surface area contributed by atoms with Crippen LogP contribution in [0.1, 0.15) is 20.3 Å². The zero-order chi connectivity index (χ0) is 8.10. The molecule has 0 aromatic rings. The lowest BCUT2D eigenvalue weighted by molar-refractivity contribution is 0.733. The van der Waals surface area contributed by atoms with Gasteiger partial charge in [0.25, 0.3) is 0 Å². The van der Waals surface area contributed by atoms with Crippen LogP contribution in [0.25, 0.3) is 0 Å². The molecule has 0 aromatic carbocycles. The van der Waals surface area contributed by atoms with E-state index in [9.17, 15) is 0 Å². The van der Waals surface area contributed by atoms with Gasteiger partial charge < -0.3 is 0 Å². The van der Waals surface area contributed by atoms with Crippen molar-refractivity contribution in [3.05, 3.63) is 18.4 Å². The van der Waals surface area contributed by atoms with Gasteiger partial charge in [-0.15, -0.1) is 0 Å². The lowest BCUT2D eigenvalue weighted by atomic mass is 10.1. The van der Waals surface area contributed by atoms with Crippen molar-refractivity contribution in [2.24, 2.45) is 15.9 Å². The van der Waals surface area contributed by atoms with E-state index in [1.165, 1.54) is 0 Å². The van der Waals surface area contributed by atoms with Crippen LogP contribution in [0.4, 0.5) is 0 Å². The third-order valence-corrected chi connectivity index (χ3v) is 1.70. The Hall–Kier alpha value is -1.14. The zero-order valence-electron chi connectivity index (χ0n) is 6.91. The monoisotopic (exact) mass is 148 g/mol. The van der Waals surface area contributed by atoms with Gasteiger partial charge in [0.05, 0.1) is 0 Å². The van der Waals surface area contributed by atoms with Crippen molar-refractivity contribution in [2.45, 2.75) is 20.3 Å². The zero-order valence-corrected chi connectivity index (χ0v) is 6.91. The van der Waals surface area contributed by atoms with E-state index in [1.54, 1.807) is 12.3 Å². The smallest absolute Gasteiger partial charge is 0.140 e. The topological polar surface area (TPSA) is 24.7 Å². The van der Waals surface area contributed by atoms with Gasteiger partial charge in [-0.1, -0.05) is 13.8 Å². The van der Waals surface area contributed by atoms with Crippen LogP contribution in [0.5, 0.6) is 0 Å². The molecule has 0 aromatic heterocycles. The molecule has 2 heteroatoms. The standard InChI is InChI=1S/C9H12N2/c1-3-8(2)9-10-6-4-5-7-11-9/h4-6,8H,3H2,1-2H3. The molecule has 1 aliphatic rings. The first-order valence-corrected chi connectivity index (χ1v) is 3.87. The largest absolute Gasteiger partial charge is 0.240 e. The van der Waals surface area contributed by atoms with Gasteiger partial charge in [-0.3, -0.25) is 0 Å². The molecule has 1 unspecified atom stereocenters. The van der Waals surface area contributed by atoms with Crippen molar-refractivity contribution in [1.82, 2.24) is 0 Å². The highest BCUT2D eigenvalue weighted by atomic mass is 14.9. The van der Waals surface area contributed by atoms with Crippen molar-refractivity contribution in [1.29, 1.82) is 0 Å². The fourth-order valence-electron chi connectivity index (χ4n) is 0.758. The van der Waals surface area contributed by atoms with Gasteiger partial charge in [0.1, 0.15) is 5.84 Å².